The Bertz CT molecular complexity index is 569. The molecule has 3 nitrogen and oxygen atoms in total. The van der Waals surface area contributed by atoms with Gasteiger partial charge in [0.2, 0.25) is 0 Å². The van der Waals surface area contributed by atoms with E-state index < -0.39 is 11.6 Å². The lowest BCUT2D eigenvalue weighted by Gasteiger charge is -2.03. The lowest BCUT2D eigenvalue weighted by molar-refractivity contribution is 0.510. The van der Waals surface area contributed by atoms with Gasteiger partial charge in [0.05, 0.1) is 23.4 Å². The van der Waals surface area contributed by atoms with Crippen LogP contribution in [0.25, 0.3) is 11.0 Å². The summed E-state index contributed by atoms with van der Waals surface area (Å²) in [4.78, 5) is 4.01. The molecule has 0 aliphatic rings. The number of nitriles is 1. The molecule has 0 N–H and O–H groups in total. The van der Waals surface area contributed by atoms with Gasteiger partial charge in [-0.05, 0) is 12.8 Å². The summed E-state index contributed by atoms with van der Waals surface area (Å²) in [5, 5.41) is 8.40. The summed E-state index contributed by atoms with van der Waals surface area (Å²) in [7, 11) is 0. The highest BCUT2D eigenvalue weighted by molar-refractivity contribution is 5.75. The molecule has 1 heterocycles. The van der Waals surface area contributed by atoms with Crippen LogP contribution in [0.5, 0.6) is 0 Å². The van der Waals surface area contributed by atoms with Crippen LogP contribution in [0.4, 0.5) is 8.78 Å². The van der Waals surface area contributed by atoms with Gasteiger partial charge in [0.25, 0.3) is 0 Å². The Hall–Kier alpha value is -1.96. The Morgan fingerprint density at radius 2 is 2.00 bits per heavy atom. The fourth-order valence-electron chi connectivity index (χ4n) is 1.72. The number of halogens is 2. The van der Waals surface area contributed by atoms with Crippen molar-refractivity contribution in [3.63, 3.8) is 0 Å². The smallest absolute Gasteiger partial charge is 0.161 e. The lowest BCUT2D eigenvalue weighted by atomic mass is 10.2. The quantitative estimate of drug-likeness (QED) is 0.764. The number of aromatic nitrogens is 2. The summed E-state index contributed by atoms with van der Waals surface area (Å²) in [5.41, 5.74) is 1.03. The van der Waals surface area contributed by atoms with Crippen molar-refractivity contribution in [2.45, 2.75) is 25.8 Å². The molecule has 2 aromatic rings. The average Bonchev–Trinajstić information content (AvgIpc) is 2.68. The first kappa shape index (κ1) is 11.5. The molecule has 0 unspecified atom stereocenters. The molecule has 0 saturated heterocycles. The minimum Gasteiger partial charge on any atom is -0.331 e. The van der Waals surface area contributed by atoms with Crippen molar-refractivity contribution in [3.8, 4) is 6.07 Å². The first-order valence-corrected chi connectivity index (χ1v) is 5.39. The fourth-order valence-corrected chi connectivity index (χ4v) is 1.72. The van der Waals surface area contributed by atoms with E-state index in [9.17, 15) is 8.78 Å². The van der Waals surface area contributed by atoms with Crippen LogP contribution in [0.3, 0.4) is 0 Å². The molecular formula is C12H11F2N3. The van der Waals surface area contributed by atoms with Crippen LogP contribution in [0.15, 0.2) is 18.5 Å². The number of fused-ring (bicyclic) bond motifs is 1. The van der Waals surface area contributed by atoms with E-state index in [2.05, 4.69) is 11.1 Å². The van der Waals surface area contributed by atoms with Crippen molar-refractivity contribution in [1.82, 2.24) is 9.55 Å². The largest absolute Gasteiger partial charge is 0.331 e. The Morgan fingerprint density at radius 1 is 1.24 bits per heavy atom. The van der Waals surface area contributed by atoms with Crippen LogP contribution in [0, 0.1) is 23.0 Å². The van der Waals surface area contributed by atoms with E-state index in [1.54, 1.807) is 10.9 Å². The highest BCUT2D eigenvalue weighted by Crippen LogP contribution is 2.17. The van der Waals surface area contributed by atoms with Gasteiger partial charge in [0.15, 0.2) is 11.6 Å². The van der Waals surface area contributed by atoms with Gasteiger partial charge in [-0.15, -0.1) is 0 Å². The normalized spacial score (nSPS) is 10.6. The van der Waals surface area contributed by atoms with Crippen molar-refractivity contribution in [2.75, 3.05) is 0 Å². The minimum atomic E-state index is -0.882. The molecule has 0 aliphatic carbocycles. The van der Waals surface area contributed by atoms with Crippen LogP contribution < -0.4 is 0 Å². The second-order valence-electron chi connectivity index (χ2n) is 3.81. The van der Waals surface area contributed by atoms with Crippen LogP contribution in [-0.2, 0) is 6.54 Å². The summed E-state index contributed by atoms with van der Waals surface area (Å²) >= 11 is 0. The predicted octanol–water partition coefficient (Wildman–Crippen LogP) is 3.01. The highest BCUT2D eigenvalue weighted by Gasteiger charge is 2.08. The van der Waals surface area contributed by atoms with Gasteiger partial charge in [-0.2, -0.15) is 5.26 Å². The van der Waals surface area contributed by atoms with Crippen molar-refractivity contribution in [2.24, 2.45) is 0 Å². The molecule has 2 rings (SSSR count). The van der Waals surface area contributed by atoms with Gasteiger partial charge >= 0.3 is 0 Å². The summed E-state index contributed by atoms with van der Waals surface area (Å²) in [6.45, 7) is 0.656. The molecule has 88 valence electrons. The maximum absolute atomic E-state index is 13.1. The Labute approximate surface area is 97.3 Å². The van der Waals surface area contributed by atoms with E-state index in [4.69, 9.17) is 5.26 Å². The van der Waals surface area contributed by atoms with Crippen LogP contribution in [-0.4, -0.2) is 9.55 Å². The molecule has 17 heavy (non-hydrogen) atoms. The maximum atomic E-state index is 13.1. The van der Waals surface area contributed by atoms with Crippen LogP contribution >= 0.6 is 0 Å². The zero-order valence-electron chi connectivity index (χ0n) is 9.16. The Morgan fingerprint density at radius 3 is 2.76 bits per heavy atom. The van der Waals surface area contributed by atoms with Gasteiger partial charge in [-0.1, -0.05) is 0 Å². The third kappa shape index (κ3) is 2.41. The molecule has 0 atom stereocenters. The fraction of sp³-hybridized carbons (Fsp3) is 0.333. The molecular weight excluding hydrogens is 224 g/mol. The molecule has 1 aromatic heterocycles. The van der Waals surface area contributed by atoms with E-state index in [-0.39, 0.29) is 0 Å². The number of hydrogen-bond acceptors (Lipinski definition) is 2. The maximum Gasteiger partial charge on any atom is 0.161 e. The molecule has 0 bridgehead atoms. The number of unbranched alkanes of at least 4 members (excludes halogenated alkanes) is 2. The summed E-state index contributed by atoms with van der Waals surface area (Å²) in [6.07, 6.45) is 3.68. The topological polar surface area (TPSA) is 41.6 Å². The van der Waals surface area contributed by atoms with E-state index in [0.29, 0.717) is 24.0 Å². The van der Waals surface area contributed by atoms with Crippen molar-refractivity contribution >= 4 is 11.0 Å². The SMILES string of the molecule is N#CCCCCn1cnc2cc(F)c(F)cc21. The van der Waals surface area contributed by atoms with E-state index in [1.165, 1.54) is 0 Å². The minimum absolute atomic E-state index is 0.448. The third-order valence-corrected chi connectivity index (χ3v) is 2.60. The zero-order chi connectivity index (χ0) is 12.3. The van der Waals surface area contributed by atoms with Crippen LogP contribution in [0.1, 0.15) is 19.3 Å². The highest BCUT2D eigenvalue weighted by atomic mass is 19.2. The van der Waals surface area contributed by atoms with E-state index in [1.807, 2.05) is 0 Å². The number of imidazole rings is 1. The second-order valence-corrected chi connectivity index (χ2v) is 3.81. The van der Waals surface area contributed by atoms with Gasteiger partial charge in [-0.25, -0.2) is 13.8 Å². The Balaban J connectivity index is 2.18. The zero-order valence-corrected chi connectivity index (χ0v) is 9.16. The monoisotopic (exact) mass is 235 g/mol. The summed E-state index contributed by atoms with van der Waals surface area (Å²) in [6, 6.07) is 4.32. The summed E-state index contributed by atoms with van der Waals surface area (Å²) in [5.74, 6) is -1.75. The van der Waals surface area contributed by atoms with E-state index >= 15 is 0 Å². The van der Waals surface area contributed by atoms with Crippen molar-refractivity contribution in [1.29, 1.82) is 5.26 Å². The molecule has 0 saturated carbocycles. The molecule has 0 fully saturated rings. The molecule has 0 spiro atoms. The number of nitrogens with zero attached hydrogens (tertiary/aromatic N) is 3. The van der Waals surface area contributed by atoms with Crippen LogP contribution in [0.2, 0.25) is 0 Å². The number of hydrogen-bond donors (Lipinski definition) is 0. The first-order valence-electron chi connectivity index (χ1n) is 5.39. The second kappa shape index (κ2) is 4.91. The third-order valence-electron chi connectivity index (χ3n) is 2.60. The molecule has 1 aromatic carbocycles. The molecule has 5 heteroatoms. The number of benzene rings is 1. The Kier molecular flexibility index (Phi) is 3.33. The van der Waals surface area contributed by atoms with Gasteiger partial charge in [0, 0.05) is 25.1 Å². The van der Waals surface area contributed by atoms with Crippen molar-refractivity contribution in [3.05, 3.63) is 30.1 Å². The van der Waals surface area contributed by atoms with E-state index in [0.717, 1.165) is 25.0 Å². The standard InChI is InChI=1S/C12H11F2N3/c13-9-6-11-12(7-10(9)14)17(8-16-11)5-3-1-2-4-15/h6-8H,1-3,5H2. The number of aryl methyl sites for hydroxylation is 1. The van der Waals surface area contributed by atoms with Gasteiger partial charge < -0.3 is 4.57 Å². The lowest BCUT2D eigenvalue weighted by Crippen LogP contribution is -1.96. The molecule has 0 amide bonds. The average molecular weight is 235 g/mol. The summed E-state index contributed by atoms with van der Waals surface area (Å²) < 4.78 is 27.8. The molecule has 0 aliphatic heterocycles. The van der Waals surface area contributed by atoms with Crippen molar-refractivity contribution < 1.29 is 8.78 Å². The van der Waals surface area contributed by atoms with Gasteiger partial charge in [-0.3, -0.25) is 0 Å². The number of rotatable bonds is 4. The predicted molar refractivity (Wildman–Crippen MR) is 59.1 cm³/mol. The molecule has 0 radical (unpaired) electrons. The van der Waals surface area contributed by atoms with Gasteiger partial charge in [0.1, 0.15) is 0 Å². The first-order chi connectivity index (χ1) is 8.22.